The summed E-state index contributed by atoms with van der Waals surface area (Å²) in [6, 6.07) is 7.49. The van der Waals surface area contributed by atoms with E-state index in [0.717, 1.165) is 16.7 Å². The predicted molar refractivity (Wildman–Crippen MR) is 121 cm³/mol. The molecule has 0 bridgehead atoms. The average molecular weight is 465 g/mol. The van der Waals surface area contributed by atoms with Crippen LogP contribution in [0.15, 0.2) is 41.3 Å². The second-order valence-electron chi connectivity index (χ2n) is 8.40. The van der Waals surface area contributed by atoms with Crippen LogP contribution in [0.1, 0.15) is 41.5 Å². The van der Waals surface area contributed by atoms with Gasteiger partial charge in [0.05, 0.1) is 5.41 Å². The Morgan fingerprint density at radius 2 is 2.03 bits per heavy atom. The largest absolute Gasteiger partial charge is 0.345 e. The molecule has 11 nitrogen and oxygen atoms in total. The molecule has 0 spiro atoms. The van der Waals surface area contributed by atoms with Gasteiger partial charge in [-0.1, -0.05) is 17.3 Å². The lowest BCUT2D eigenvalue weighted by Gasteiger charge is -2.13. The van der Waals surface area contributed by atoms with Gasteiger partial charge in [0, 0.05) is 31.4 Å². The minimum absolute atomic E-state index is 0.0786. The van der Waals surface area contributed by atoms with Crippen LogP contribution in [0.25, 0.3) is 11.4 Å². The molecule has 0 saturated carbocycles. The number of aromatic nitrogens is 7. The van der Waals surface area contributed by atoms with Crippen molar-refractivity contribution in [1.29, 1.82) is 0 Å². The quantitative estimate of drug-likeness (QED) is 0.402. The number of anilines is 2. The molecule has 12 heteroatoms. The number of aryl methyl sites for hydroxylation is 2. The fourth-order valence-electron chi connectivity index (χ4n) is 3.03. The maximum Gasteiger partial charge on any atom is 0.292 e. The minimum Gasteiger partial charge on any atom is -0.345 e. The first-order chi connectivity index (χ1) is 16.2. The van der Waals surface area contributed by atoms with Gasteiger partial charge >= 0.3 is 0 Å². The third-order valence-electron chi connectivity index (χ3n) is 5.11. The van der Waals surface area contributed by atoms with Crippen molar-refractivity contribution < 1.29 is 13.7 Å². The summed E-state index contributed by atoms with van der Waals surface area (Å²) >= 11 is 0. The number of amides is 1. The summed E-state index contributed by atoms with van der Waals surface area (Å²) in [5, 5.41) is 13.7. The fraction of sp³-hybridized carbons (Fsp3) is 0.318. The Kier molecular flexibility index (Phi) is 6.30. The van der Waals surface area contributed by atoms with Gasteiger partial charge in [-0.25, -0.2) is 14.4 Å². The van der Waals surface area contributed by atoms with E-state index >= 15 is 0 Å². The topological polar surface area (TPSA) is 137 Å². The first-order valence-corrected chi connectivity index (χ1v) is 10.5. The third kappa shape index (κ3) is 5.05. The number of rotatable bonds is 8. The van der Waals surface area contributed by atoms with Crippen LogP contribution < -0.4 is 10.6 Å². The highest BCUT2D eigenvalue weighted by atomic mass is 19.1. The summed E-state index contributed by atoms with van der Waals surface area (Å²) in [7, 11) is 1.82. The Morgan fingerprint density at radius 3 is 2.74 bits per heavy atom. The zero-order valence-corrected chi connectivity index (χ0v) is 19.2. The molecular formula is C22H24FN9O2. The van der Waals surface area contributed by atoms with Crippen LogP contribution >= 0.6 is 0 Å². The van der Waals surface area contributed by atoms with Gasteiger partial charge in [0.2, 0.25) is 11.8 Å². The lowest BCUT2D eigenvalue weighted by Crippen LogP contribution is -2.25. The van der Waals surface area contributed by atoms with E-state index in [2.05, 4.69) is 40.8 Å². The number of hydrogen-bond acceptors (Lipinski definition) is 9. The molecule has 1 amide bonds. The molecular weight excluding hydrogens is 441 g/mol. The van der Waals surface area contributed by atoms with E-state index in [1.54, 1.807) is 18.5 Å². The van der Waals surface area contributed by atoms with Crippen molar-refractivity contribution in [3.63, 3.8) is 0 Å². The molecule has 0 aliphatic rings. The molecule has 0 radical (unpaired) electrons. The second-order valence-corrected chi connectivity index (χ2v) is 8.40. The third-order valence-corrected chi connectivity index (χ3v) is 5.11. The summed E-state index contributed by atoms with van der Waals surface area (Å²) < 4.78 is 19.8. The monoisotopic (exact) mass is 465 g/mol. The SMILES string of the molecule is Cc1cc(-c2ncnc(Nc3ccn(C)n3)n2)ccc1CNC(=O)c1noc(C(C)(C)CF)n1. The second kappa shape index (κ2) is 9.33. The van der Waals surface area contributed by atoms with Crippen molar-refractivity contribution in [3.05, 3.63) is 59.6 Å². The van der Waals surface area contributed by atoms with Gasteiger partial charge in [0.1, 0.15) is 13.0 Å². The zero-order valence-electron chi connectivity index (χ0n) is 19.2. The van der Waals surface area contributed by atoms with Crippen molar-refractivity contribution in [2.45, 2.75) is 32.7 Å². The van der Waals surface area contributed by atoms with E-state index in [9.17, 15) is 9.18 Å². The van der Waals surface area contributed by atoms with Crippen molar-refractivity contribution >= 4 is 17.7 Å². The van der Waals surface area contributed by atoms with Crippen molar-refractivity contribution in [2.75, 3.05) is 12.0 Å². The van der Waals surface area contributed by atoms with Gasteiger partial charge in [-0.3, -0.25) is 9.48 Å². The molecule has 2 N–H and O–H groups in total. The van der Waals surface area contributed by atoms with Gasteiger partial charge in [0.15, 0.2) is 11.6 Å². The molecule has 176 valence electrons. The van der Waals surface area contributed by atoms with Crippen LogP contribution in [0.2, 0.25) is 0 Å². The van der Waals surface area contributed by atoms with E-state index in [0.29, 0.717) is 17.6 Å². The standard InChI is InChI=1S/C22H24FN9O2/c1-13-9-14(17-25-12-26-21(29-17)27-16-7-8-32(4)30-16)5-6-15(13)10-24-19(33)18-28-20(34-31-18)22(2,3)11-23/h5-9,12H,10-11H2,1-4H3,(H,24,33)(H,25,26,27,29,30). The lowest BCUT2D eigenvalue weighted by atomic mass is 9.96. The number of hydrogen-bond donors (Lipinski definition) is 2. The van der Waals surface area contributed by atoms with E-state index in [4.69, 9.17) is 4.52 Å². The summed E-state index contributed by atoms with van der Waals surface area (Å²) in [5.74, 6) is 0.952. The van der Waals surface area contributed by atoms with Crippen LogP contribution in [0.4, 0.5) is 16.2 Å². The van der Waals surface area contributed by atoms with Gasteiger partial charge in [-0.2, -0.15) is 15.1 Å². The van der Waals surface area contributed by atoms with Crippen LogP contribution in [0.3, 0.4) is 0 Å². The van der Waals surface area contributed by atoms with E-state index in [1.807, 2.05) is 44.4 Å². The Balaban J connectivity index is 1.42. The van der Waals surface area contributed by atoms with E-state index < -0.39 is 18.0 Å². The molecule has 34 heavy (non-hydrogen) atoms. The van der Waals surface area contributed by atoms with Gasteiger partial charge in [0.25, 0.3) is 11.7 Å². The summed E-state index contributed by atoms with van der Waals surface area (Å²) in [6.07, 6.45) is 3.24. The molecule has 0 unspecified atom stereocenters. The lowest BCUT2D eigenvalue weighted by molar-refractivity contribution is 0.0937. The number of alkyl halides is 1. The Labute approximate surface area is 194 Å². The maximum atomic E-state index is 13.1. The van der Waals surface area contributed by atoms with Crippen molar-refractivity contribution in [1.82, 2.24) is 40.2 Å². The number of nitrogens with zero attached hydrogens (tertiary/aromatic N) is 7. The summed E-state index contributed by atoms with van der Waals surface area (Å²) in [6.45, 7) is 4.75. The molecule has 0 fully saturated rings. The van der Waals surface area contributed by atoms with Crippen LogP contribution in [0.5, 0.6) is 0 Å². The zero-order chi connectivity index (χ0) is 24.3. The maximum absolute atomic E-state index is 13.1. The van der Waals surface area contributed by atoms with E-state index in [-0.39, 0.29) is 18.3 Å². The molecule has 4 aromatic rings. The highest BCUT2D eigenvalue weighted by Crippen LogP contribution is 2.22. The molecule has 0 aliphatic heterocycles. The first-order valence-electron chi connectivity index (χ1n) is 10.5. The molecule has 0 saturated heterocycles. The number of halogens is 1. The number of carbonyl (C=O) groups is 1. The Morgan fingerprint density at radius 1 is 1.21 bits per heavy atom. The molecule has 3 heterocycles. The average Bonchev–Trinajstić information content (AvgIpc) is 3.48. The molecule has 0 atom stereocenters. The predicted octanol–water partition coefficient (Wildman–Crippen LogP) is 2.88. The molecule has 0 aliphatic carbocycles. The minimum atomic E-state index is -0.944. The van der Waals surface area contributed by atoms with Crippen LogP contribution in [-0.2, 0) is 19.0 Å². The normalized spacial score (nSPS) is 11.4. The molecule has 3 aromatic heterocycles. The number of benzene rings is 1. The van der Waals surface area contributed by atoms with Gasteiger partial charge < -0.3 is 15.2 Å². The Hall–Kier alpha value is -4.22. The van der Waals surface area contributed by atoms with Crippen LogP contribution in [0, 0.1) is 6.92 Å². The summed E-state index contributed by atoms with van der Waals surface area (Å²) in [4.78, 5) is 29.3. The smallest absolute Gasteiger partial charge is 0.292 e. The summed E-state index contributed by atoms with van der Waals surface area (Å²) in [5.41, 5.74) is 1.69. The number of carbonyl (C=O) groups excluding carboxylic acids is 1. The highest BCUT2D eigenvalue weighted by molar-refractivity contribution is 5.90. The molecule has 1 aromatic carbocycles. The molecule has 4 rings (SSSR count). The van der Waals surface area contributed by atoms with Crippen molar-refractivity contribution in [3.8, 4) is 11.4 Å². The highest BCUT2D eigenvalue weighted by Gasteiger charge is 2.29. The Bertz CT molecular complexity index is 1320. The first kappa shape index (κ1) is 23.0. The number of nitrogens with one attached hydrogen (secondary N) is 2. The van der Waals surface area contributed by atoms with E-state index in [1.165, 1.54) is 6.33 Å². The van der Waals surface area contributed by atoms with Crippen LogP contribution in [-0.4, -0.2) is 47.5 Å². The fourth-order valence-corrected chi connectivity index (χ4v) is 3.03. The van der Waals surface area contributed by atoms with Gasteiger partial charge in [-0.15, -0.1) is 0 Å². The van der Waals surface area contributed by atoms with Crippen molar-refractivity contribution in [2.24, 2.45) is 7.05 Å². The van der Waals surface area contributed by atoms with Gasteiger partial charge in [-0.05, 0) is 38.0 Å².